The van der Waals surface area contributed by atoms with Crippen LogP contribution in [0.25, 0.3) is 22.0 Å². The van der Waals surface area contributed by atoms with Gasteiger partial charge in [0, 0.05) is 49.6 Å². The summed E-state index contributed by atoms with van der Waals surface area (Å²) in [4.78, 5) is 33.5. The standard InChI is InChI=1S/C32H42N4O4/c1-21-17-36(22(2)19-37)32(39)30-29(25-13-8-9-14-26(25)35(30)5)24-12-7-6-11-23(24)20-40-28(21)18-34(4)31(38)27-15-10-16-33(27)3/h6-9,11-14,21-22,27-28,37H,10,15-20H2,1-5H3/t21-,22+,27+,28+/m0/s1. The lowest BCUT2D eigenvalue weighted by atomic mass is 9.96. The van der Waals surface area contributed by atoms with Crippen LogP contribution in [0.15, 0.2) is 48.5 Å². The molecule has 214 valence electrons. The summed E-state index contributed by atoms with van der Waals surface area (Å²) in [7, 11) is 5.80. The van der Waals surface area contributed by atoms with E-state index in [1.807, 2.05) is 63.0 Å². The number of hydrogen-bond donors (Lipinski definition) is 1. The highest BCUT2D eigenvalue weighted by molar-refractivity contribution is 6.10. The molecule has 2 aliphatic rings. The molecule has 8 heteroatoms. The average molecular weight is 547 g/mol. The van der Waals surface area contributed by atoms with Crippen LogP contribution in [0.1, 0.15) is 42.7 Å². The molecule has 0 spiro atoms. The van der Waals surface area contributed by atoms with Crippen LogP contribution in [0.2, 0.25) is 0 Å². The number of aliphatic hydroxyl groups excluding tert-OH is 1. The van der Waals surface area contributed by atoms with Crippen LogP contribution >= 0.6 is 0 Å². The van der Waals surface area contributed by atoms with E-state index in [1.165, 1.54) is 0 Å². The molecule has 0 radical (unpaired) electrons. The number of aromatic nitrogens is 1. The normalized spacial score (nSPS) is 23.0. The van der Waals surface area contributed by atoms with Gasteiger partial charge in [-0.25, -0.2) is 0 Å². The Labute approximate surface area is 237 Å². The SMILES string of the molecule is C[C@H](CO)N1C[C@H](C)[C@@H](CN(C)C(=O)[C@H]2CCCN2C)OCc2ccccc2-c2c(n(C)c3ccccc23)C1=O. The van der Waals surface area contributed by atoms with Gasteiger partial charge in [0.2, 0.25) is 5.91 Å². The van der Waals surface area contributed by atoms with E-state index in [0.717, 1.165) is 47.0 Å². The van der Waals surface area contributed by atoms with E-state index >= 15 is 0 Å². The van der Waals surface area contributed by atoms with Crippen LogP contribution in [0.5, 0.6) is 0 Å². The van der Waals surface area contributed by atoms with Gasteiger partial charge >= 0.3 is 0 Å². The highest BCUT2D eigenvalue weighted by Crippen LogP contribution is 2.38. The quantitative estimate of drug-likeness (QED) is 0.528. The van der Waals surface area contributed by atoms with Gasteiger partial charge in [-0.15, -0.1) is 0 Å². The molecule has 2 amide bonds. The summed E-state index contributed by atoms with van der Waals surface area (Å²) in [5, 5.41) is 11.2. The van der Waals surface area contributed by atoms with E-state index in [9.17, 15) is 14.7 Å². The first-order chi connectivity index (χ1) is 19.2. The molecule has 0 unspecified atom stereocenters. The fourth-order valence-corrected chi connectivity index (χ4v) is 6.36. The van der Waals surface area contributed by atoms with E-state index in [0.29, 0.717) is 25.4 Å². The lowest BCUT2D eigenvalue weighted by molar-refractivity contribution is -0.137. The van der Waals surface area contributed by atoms with Gasteiger partial charge in [-0.1, -0.05) is 49.4 Å². The minimum Gasteiger partial charge on any atom is -0.394 e. The lowest BCUT2D eigenvalue weighted by Crippen LogP contribution is -2.49. The Morgan fingerprint density at radius 3 is 2.60 bits per heavy atom. The maximum Gasteiger partial charge on any atom is 0.271 e. The van der Waals surface area contributed by atoms with Crippen LogP contribution in [-0.2, 0) is 23.2 Å². The minimum absolute atomic E-state index is 0.0853. The highest BCUT2D eigenvalue weighted by Gasteiger charge is 2.35. The number of benzene rings is 2. The van der Waals surface area contributed by atoms with Gasteiger partial charge in [-0.05, 0) is 50.6 Å². The second-order valence-corrected chi connectivity index (χ2v) is 11.6. The zero-order valence-electron chi connectivity index (χ0n) is 24.3. The zero-order chi connectivity index (χ0) is 28.6. The van der Waals surface area contributed by atoms with Crippen molar-refractivity contribution in [2.24, 2.45) is 13.0 Å². The first-order valence-corrected chi connectivity index (χ1v) is 14.4. The number of hydrogen-bond acceptors (Lipinski definition) is 5. The molecule has 3 heterocycles. The molecular formula is C32H42N4O4. The molecule has 2 aromatic carbocycles. The molecular weight excluding hydrogens is 504 g/mol. The number of nitrogens with zero attached hydrogens (tertiary/aromatic N) is 4. The molecule has 1 N–H and O–H groups in total. The van der Waals surface area contributed by atoms with Crippen LogP contribution < -0.4 is 0 Å². The number of likely N-dealkylation sites (N-methyl/N-ethyl adjacent to an activating group) is 2. The number of para-hydroxylation sites is 1. The monoisotopic (exact) mass is 546 g/mol. The smallest absolute Gasteiger partial charge is 0.271 e. The number of rotatable bonds is 5. The van der Waals surface area contributed by atoms with Crippen LogP contribution in [0.3, 0.4) is 0 Å². The van der Waals surface area contributed by atoms with Crippen LogP contribution in [0.4, 0.5) is 0 Å². The third-order valence-corrected chi connectivity index (χ3v) is 8.86. The summed E-state index contributed by atoms with van der Waals surface area (Å²) in [6.45, 7) is 5.92. The minimum atomic E-state index is -0.385. The van der Waals surface area contributed by atoms with Crippen molar-refractivity contribution >= 4 is 22.7 Å². The summed E-state index contributed by atoms with van der Waals surface area (Å²) < 4.78 is 8.62. The summed E-state index contributed by atoms with van der Waals surface area (Å²) >= 11 is 0. The van der Waals surface area contributed by atoms with E-state index in [1.54, 1.807) is 9.80 Å². The third kappa shape index (κ3) is 5.16. The van der Waals surface area contributed by atoms with Gasteiger partial charge in [0.1, 0.15) is 5.69 Å². The molecule has 1 fully saturated rings. The average Bonchev–Trinajstić information content (AvgIpc) is 3.52. The van der Waals surface area contributed by atoms with Gasteiger partial charge < -0.3 is 24.2 Å². The Kier molecular flexibility index (Phi) is 8.31. The first-order valence-electron chi connectivity index (χ1n) is 14.4. The Bertz CT molecular complexity index is 1380. The van der Waals surface area contributed by atoms with Crippen LogP contribution in [0, 0.1) is 5.92 Å². The van der Waals surface area contributed by atoms with Gasteiger partial charge in [0.25, 0.3) is 5.91 Å². The molecule has 0 aliphatic carbocycles. The zero-order valence-corrected chi connectivity index (χ0v) is 24.3. The first kappa shape index (κ1) is 28.3. The van der Waals surface area contributed by atoms with Crippen molar-refractivity contribution in [2.75, 3.05) is 40.3 Å². The van der Waals surface area contributed by atoms with Gasteiger partial charge in [0.05, 0.1) is 31.4 Å². The summed E-state index contributed by atoms with van der Waals surface area (Å²) in [5.41, 5.74) is 4.44. The maximum atomic E-state index is 14.4. The number of carbonyl (C=O) groups is 2. The van der Waals surface area contributed by atoms with Crippen molar-refractivity contribution in [1.29, 1.82) is 0 Å². The van der Waals surface area contributed by atoms with Crippen molar-refractivity contribution in [1.82, 2.24) is 19.3 Å². The number of aryl methyl sites for hydroxylation is 1. The fourth-order valence-electron chi connectivity index (χ4n) is 6.36. The molecule has 1 saturated heterocycles. The van der Waals surface area contributed by atoms with Crippen molar-refractivity contribution in [3.05, 3.63) is 59.8 Å². The lowest BCUT2D eigenvalue weighted by Gasteiger charge is -2.35. The predicted molar refractivity (Wildman–Crippen MR) is 157 cm³/mol. The molecule has 3 aromatic rings. The number of carbonyl (C=O) groups excluding carboxylic acids is 2. The largest absolute Gasteiger partial charge is 0.394 e. The third-order valence-electron chi connectivity index (χ3n) is 8.86. The molecule has 1 aromatic heterocycles. The summed E-state index contributed by atoms with van der Waals surface area (Å²) in [6, 6.07) is 15.7. The van der Waals surface area contributed by atoms with Gasteiger partial charge in [-0.3, -0.25) is 14.5 Å². The number of fused-ring (bicyclic) bond motifs is 5. The predicted octanol–water partition coefficient (Wildman–Crippen LogP) is 3.76. The topological polar surface area (TPSA) is 78.2 Å². The number of amides is 2. The number of aliphatic hydroxyl groups is 1. The Balaban J connectivity index is 1.58. The fraction of sp³-hybridized carbons (Fsp3) is 0.500. The molecule has 8 nitrogen and oxygen atoms in total. The number of ether oxygens (including phenoxy) is 1. The summed E-state index contributed by atoms with van der Waals surface area (Å²) in [5.74, 6) is -0.0893. The van der Waals surface area contributed by atoms with Crippen molar-refractivity contribution < 1.29 is 19.4 Å². The van der Waals surface area contributed by atoms with Crippen LogP contribution in [-0.4, -0.2) is 94.7 Å². The van der Waals surface area contributed by atoms with E-state index in [2.05, 4.69) is 30.0 Å². The highest BCUT2D eigenvalue weighted by atomic mass is 16.5. The van der Waals surface area contributed by atoms with Crippen molar-refractivity contribution in [3.63, 3.8) is 0 Å². The molecule has 0 bridgehead atoms. The molecule has 2 aliphatic heterocycles. The summed E-state index contributed by atoms with van der Waals surface area (Å²) in [6.07, 6.45) is 1.60. The molecule has 5 rings (SSSR count). The molecule has 0 saturated carbocycles. The van der Waals surface area contributed by atoms with Crippen molar-refractivity contribution in [2.45, 2.75) is 51.5 Å². The van der Waals surface area contributed by atoms with Gasteiger partial charge in [-0.2, -0.15) is 0 Å². The van der Waals surface area contributed by atoms with E-state index in [-0.39, 0.29) is 42.5 Å². The Morgan fingerprint density at radius 2 is 1.88 bits per heavy atom. The maximum absolute atomic E-state index is 14.4. The van der Waals surface area contributed by atoms with Crippen molar-refractivity contribution in [3.8, 4) is 11.1 Å². The Hall–Kier alpha value is -3.20. The number of likely N-dealkylation sites (tertiary alicyclic amines) is 1. The second kappa shape index (κ2) is 11.7. The second-order valence-electron chi connectivity index (χ2n) is 11.6. The van der Waals surface area contributed by atoms with Gasteiger partial charge in [0.15, 0.2) is 0 Å². The molecule has 40 heavy (non-hydrogen) atoms. The van der Waals surface area contributed by atoms with E-state index < -0.39 is 0 Å². The Morgan fingerprint density at radius 1 is 1.15 bits per heavy atom. The van der Waals surface area contributed by atoms with E-state index in [4.69, 9.17) is 4.74 Å². The molecule has 4 atom stereocenters.